The Hall–Kier alpha value is -2.67. The Morgan fingerprint density at radius 3 is 2.72 bits per heavy atom. The minimum atomic E-state index is -0.255. The molecule has 0 unspecified atom stereocenters. The van der Waals surface area contributed by atoms with Crippen LogP contribution >= 0.6 is 15.9 Å². The number of halogens is 1. The maximum Gasteiger partial charge on any atom is 0.319 e. The molecule has 2 aromatic carbocycles. The van der Waals surface area contributed by atoms with E-state index in [0.717, 1.165) is 15.6 Å². The first-order chi connectivity index (χ1) is 12.0. The maximum atomic E-state index is 11.8. The number of nitrogens with one attached hydrogen (secondary N) is 2. The van der Waals surface area contributed by atoms with Gasteiger partial charge in [-0.2, -0.15) is 4.98 Å². The minimum Gasteiger partial charge on any atom is -0.336 e. The molecule has 6 nitrogen and oxygen atoms in total. The average Bonchev–Trinajstić information content (AvgIpc) is 3.04. The van der Waals surface area contributed by atoms with Gasteiger partial charge in [0, 0.05) is 21.8 Å². The Labute approximate surface area is 153 Å². The zero-order valence-corrected chi connectivity index (χ0v) is 15.4. The monoisotopic (exact) mass is 400 g/mol. The molecule has 0 aliphatic carbocycles. The number of hydrogen-bond acceptors (Lipinski definition) is 4. The molecule has 1 heterocycles. The van der Waals surface area contributed by atoms with Crippen molar-refractivity contribution >= 4 is 27.6 Å². The fourth-order valence-electron chi connectivity index (χ4n) is 2.25. The van der Waals surface area contributed by atoms with E-state index in [0.29, 0.717) is 17.4 Å². The number of carbonyl (C=O) groups is 1. The smallest absolute Gasteiger partial charge is 0.319 e. The molecule has 0 bridgehead atoms. The van der Waals surface area contributed by atoms with Gasteiger partial charge in [0.2, 0.25) is 5.82 Å². The highest BCUT2D eigenvalue weighted by molar-refractivity contribution is 9.10. The van der Waals surface area contributed by atoms with E-state index >= 15 is 0 Å². The third-order valence-electron chi connectivity index (χ3n) is 3.33. The Morgan fingerprint density at radius 1 is 1.16 bits per heavy atom. The van der Waals surface area contributed by atoms with Gasteiger partial charge in [0.1, 0.15) is 0 Å². The van der Waals surface area contributed by atoms with Crippen molar-refractivity contribution in [2.24, 2.45) is 0 Å². The van der Waals surface area contributed by atoms with Crippen molar-refractivity contribution in [3.63, 3.8) is 0 Å². The third kappa shape index (κ3) is 4.24. The minimum absolute atomic E-state index is 0.0623. The molecule has 0 fully saturated rings. The van der Waals surface area contributed by atoms with Crippen LogP contribution in [0.2, 0.25) is 0 Å². The van der Waals surface area contributed by atoms with E-state index in [1.54, 1.807) is 12.1 Å². The van der Waals surface area contributed by atoms with Crippen molar-refractivity contribution in [2.75, 3.05) is 5.32 Å². The summed E-state index contributed by atoms with van der Waals surface area (Å²) in [5, 5.41) is 9.60. The average molecular weight is 401 g/mol. The van der Waals surface area contributed by atoms with Crippen LogP contribution in [-0.4, -0.2) is 22.2 Å². The van der Waals surface area contributed by atoms with Gasteiger partial charge in [-0.25, -0.2) is 4.79 Å². The number of amides is 2. The van der Waals surface area contributed by atoms with Crippen LogP contribution in [0.5, 0.6) is 0 Å². The van der Waals surface area contributed by atoms with Gasteiger partial charge in [0.05, 0.1) is 5.56 Å². The second kappa shape index (κ2) is 7.48. The molecule has 0 aliphatic heterocycles. The Kier molecular flexibility index (Phi) is 5.14. The molecule has 0 saturated carbocycles. The zero-order valence-electron chi connectivity index (χ0n) is 13.8. The molecule has 0 radical (unpaired) electrons. The molecule has 3 aromatic rings. The van der Waals surface area contributed by atoms with Crippen LogP contribution < -0.4 is 10.6 Å². The van der Waals surface area contributed by atoms with Gasteiger partial charge in [0.25, 0.3) is 5.89 Å². The molecule has 0 atom stereocenters. The van der Waals surface area contributed by atoms with Gasteiger partial charge in [-0.1, -0.05) is 29.4 Å². The number of urea groups is 1. The van der Waals surface area contributed by atoms with Gasteiger partial charge in [0.15, 0.2) is 0 Å². The summed E-state index contributed by atoms with van der Waals surface area (Å²) >= 11 is 3.47. The van der Waals surface area contributed by atoms with Gasteiger partial charge in [-0.15, -0.1) is 0 Å². The summed E-state index contributed by atoms with van der Waals surface area (Å²) in [6, 6.07) is 14.7. The predicted molar refractivity (Wildman–Crippen MR) is 100 cm³/mol. The van der Waals surface area contributed by atoms with E-state index < -0.39 is 0 Å². The predicted octanol–water partition coefficient (Wildman–Crippen LogP) is 4.70. The topological polar surface area (TPSA) is 80.0 Å². The molecule has 0 aliphatic rings. The van der Waals surface area contributed by atoms with E-state index in [1.807, 2.05) is 50.2 Å². The number of aromatic nitrogens is 2. The lowest BCUT2D eigenvalue weighted by atomic mass is 10.2. The number of benzene rings is 2. The van der Waals surface area contributed by atoms with E-state index in [4.69, 9.17) is 4.52 Å². The molecule has 1 aromatic heterocycles. The van der Waals surface area contributed by atoms with Crippen molar-refractivity contribution in [3.8, 4) is 22.8 Å². The van der Waals surface area contributed by atoms with Crippen LogP contribution in [0.15, 0.2) is 57.5 Å². The fourth-order valence-corrected chi connectivity index (χ4v) is 2.70. The Bertz CT molecular complexity index is 892. The van der Waals surface area contributed by atoms with Gasteiger partial charge in [-0.3, -0.25) is 0 Å². The molecule has 2 N–H and O–H groups in total. The number of nitrogens with zero attached hydrogens (tertiary/aromatic N) is 2. The number of carbonyl (C=O) groups excluding carboxylic acids is 1. The first-order valence-corrected chi connectivity index (χ1v) is 8.59. The van der Waals surface area contributed by atoms with E-state index in [1.165, 1.54) is 0 Å². The molecule has 7 heteroatoms. The van der Waals surface area contributed by atoms with Crippen LogP contribution in [0.3, 0.4) is 0 Å². The fraction of sp³-hybridized carbons (Fsp3) is 0.167. The highest BCUT2D eigenvalue weighted by Gasteiger charge is 2.13. The SMILES string of the molecule is CC(C)NC(=O)Nc1cccc(-c2noc(-c3ccccc3Br)n2)c1. The van der Waals surface area contributed by atoms with Crippen LogP contribution in [0.25, 0.3) is 22.8 Å². The van der Waals surface area contributed by atoms with E-state index in [2.05, 4.69) is 36.7 Å². The van der Waals surface area contributed by atoms with Crippen molar-refractivity contribution in [1.29, 1.82) is 0 Å². The molecule has 3 rings (SSSR count). The largest absolute Gasteiger partial charge is 0.336 e. The third-order valence-corrected chi connectivity index (χ3v) is 4.02. The summed E-state index contributed by atoms with van der Waals surface area (Å²) in [5.41, 5.74) is 2.24. The van der Waals surface area contributed by atoms with Crippen molar-refractivity contribution in [2.45, 2.75) is 19.9 Å². The number of hydrogen-bond donors (Lipinski definition) is 2. The summed E-state index contributed by atoms with van der Waals surface area (Å²) in [6.45, 7) is 3.80. The molecule has 2 amide bonds. The van der Waals surface area contributed by atoms with E-state index in [9.17, 15) is 4.79 Å². The van der Waals surface area contributed by atoms with Crippen LogP contribution in [0.4, 0.5) is 10.5 Å². The molecular formula is C18H17BrN4O2. The van der Waals surface area contributed by atoms with Crippen LogP contribution in [-0.2, 0) is 0 Å². The second-order valence-electron chi connectivity index (χ2n) is 5.74. The second-order valence-corrected chi connectivity index (χ2v) is 6.59. The highest BCUT2D eigenvalue weighted by atomic mass is 79.9. The number of rotatable bonds is 4. The summed E-state index contributed by atoms with van der Waals surface area (Å²) in [6.07, 6.45) is 0. The van der Waals surface area contributed by atoms with Crippen LogP contribution in [0, 0.1) is 0 Å². The molecule has 128 valence electrons. The van der Waals surface area contributed by atoms with Crippen molar-refractivity contribution in [1.82, 2.24) is 15.5 Å². The first kappa shape index (κ1) is 17.2. The van der Waals surface area contributed by atoms with Crippen molar-refractivity contribution in [3.05, 3.63) is 53.0 Å². The van der Waals surface area contributed by atoms with Gasteiger partial charge in [-0.05, 0) is 54.0 Å². The number of anilines is 1. The normalized spacial score (nSPS) is 10.7. The Morgan fingerprint density at radius 2 is 1.96 bits per heavy atom. The molecule has 25 heavy (non-hydrogen) atoms. The molecular weight excluding hydrogens is 384 g/mol. The lowest BCUT2D eigenvalue weighted by Gasteiger charge is -2.10. The Balaban J connectivity index is 1.82. The maximum absolute atomic E-state index is 11.8. The van der Waals surface area contributed by atoms with Gasteiger partial charge < -0.3 is 15.2 Å². The standard InChI is InChI=1S/C18H17BrN4O2/c1-11(2)20-18(24)21-13-7-5-6-12(10-13)16-22-17(25-23-16)14-8-3-4-9-15(14)19/h3-11H,1-2H3,(H2,20,21,24). The quantitative estimate of drug-likeness (QED) is 0.665. The van der Waals surface area contributed by atoms with Gasteiger partial charge >= 0.3 is 6.03 Å². The highest BCUT2D eigenvalue weighted by Crippen LogP contribution is 2.28. The summed E-state index contributed by atoms with van der Waals surface area (Å²) in [5.74, 6) is 0.886. The summed E-state index contributed by atoms with van der Waals surface area (Å²) in [4.78, 5) is 16.3. The lowest BCUT2D eigenvalue weighted by molar-refractivity contribution is 0.250. The lowest BCUT2D eigenvalue weighted by Crippen LogP contribution is -2.34. The van der Waals surface area contributed by atoms with E-state index in [-0.39, 0.29) is 12.1 Å². The molecule has 0 saturated heterocycles. The van der Waals surface area contributed by atoms with Crippen molar-refractivity contribution < 1.29 is 9.32 Å². The summed E-state index contributed by atoms with van der Waals surface area (Å²) in [7, 11) is 0. The molecule has 0 spiro atoms. The van der Waals surface area contributed by atoms with Crippen LogP contribution in [0.1, 0.15) is 13.8 Å². The zero-order chi connectivity index (χ0) is 17.8. The summed E-state index contributed by atoms with van der Waals surface area (Å²) < 4.78 is 6.25. The first-order valence-electron chi connectivity index (χ1n) is 7.79.